The molecular weight excluding hydrogens is 321 g/mol. The number of hydrogen-bond acceptors (Lipinski definition) is 5. The quantitative estimate of drug-likeness (QED) is 0.762. The number of nitrogens with zero attached hydrogens (tertiary/aromatic N) is 1. The van der Waals surface area contributed by atoms with Gasteiger partial charge in [0.1, 0.15) is 12.4 Å². The van der Waals surface area contributed by atoms with Crippen molar-refractivity contribution in [2.24, 2.45) is 0 Å². The minimum absolute atomic E-state index is 0.306. The summed E-state index contributed by atoms with van der Waals surface area (Å²) in [5, 5.41) is 0. The molecule has 0 N–H and O–H groups in total. The Morgan fingerprint density at radius 2 is 1.62 bits per heavy atom. The number of rotatable bonds is 5. The third-order valence-electron chi connectivity index (χ3n) is 5.19. The van der Waals surface area contributed by atoms with Gasteiger partial charge in [-0.15, -0.1) is 0 Å². The predicted molar refractivity (Wildman–Crippen MR) is 101 cm³/mol. The van der Waals surface area contributed by atoms with Gasteiger partial charge >= 0.3 is 7.12 Å². The average Bonchev–Trinajstić information content (AvgIpc) is 2.77. The van der Waals surface area contributed by atoms with Gasteiger partial charge in [0.2, 0.25) is 0 Å². The van der Waals surface area contributed by atoms with Gasteiger partial charge in [-0.3, -0.25) is 4.90 Å². The van der Waals surface area contributed by atoms with Crippen LogP contribution in [0.25, 0.3) is 0 Å². The van der Waals surface area contributed by atoms with Crippen LogP contribution in [0.1, 0.15) is 27.7 Å². The molecule has 2 aliphatic heterocycles. The second kappa shape index (κ2) is 7.28. The van der Waals surface area contributed by atoms with Gasteiger partial charge in [0.25, 0.3) is 0 Å². The van der Waals surface area contributed by atoms with Gasteiger partial charge in [-0.2, -0.15) is 11.8 Å². The minimum Gasteiger partial charge on any atom is -0.492 e. The van der Waals surface area contributed by atoms with Crippen molar-refractivity contribution in [1.82, 2.24) is 4.90 Å². The third kappa shape index (κ3) is 4.10. The van der Waals surface area contributed by atoms with Crippen LogP contribution in [-0.4, -0.2) is 61.0 Å². The zero-order valence-electron chi connectivity index (χ0n) is 15.2. The van der Waals surface area contributed by atoms with E-state index in [0.717, 1.165) is 24.4 Å². The van der Waals surface area contributed by atoms with Crippen LogP contribution >= 0.6 is 11.8 Å². The van der Waals surface area contributed by atoms with Crippen molar-refractivity contribution >= 4 is 24.3 Å². The summed E-state index contributed by atoms with van der Waals surface area (Å²) < 4.78 is 18.0. The zero-order valence-corrected chi connectivity index (χ0v) is 16.0. The van der Waals surface area contributed by atoms with Crippen molar-refractivity contribution in [1.29, 1.82) is 0 Å². The monoisotopic (exact) mass is 349 g/mol. The smallest absolute Gasteiger partial charge is 0.492 e. The van der Waals surface area contributed by atoms with E-state index in [4.69, 9.17) is 14.0 Å². The highest BCUT2D eigenvalue weighted by molar-refractivity contribution is 7.99. The molecule has 0 atom stereocenters. The minimum atomic E-state index is -0.310. The number of thioether (sulfide) groups is 1. The van der Waals surface area contributed by atoms with Crippen LogP contribution in [0, 0.1) is 0 Å². The Hall–Kier alpha value is -0.685. The first-order valence-electron chi connectivity index (χ1n) is 8.76. The summed E-state index contributed by atoms with van der Waals surface area (Å²) in [7, 11) is -0.310. The third-order valence-corrected chi connectivity index (χ3v) is 6.13. The molecule has 2 aliphatic rings. The lowest BCUT2D eigenvalue weighted by molar-refractivity contribution is 0.00578. The van der Waals surface area contributed by atoms with Gasteiger partial charge < -0.3 is 14.0 Å². The first kappa shape index (κ1) is 18.1. The van der Waals surface area contributed by atoms with Crippen LogP contribution in [0.15, 0.2) is 24.3 Å². The highest BCUT2D eigenvalue weighted by Gasteiger charge is 2.51. The number of ether oxygens (including phenoxy) is 1. The van der Waals surface area contributed by atoms with Gasteiger partial charge in [-0.05, 0) is 45.3 Å². The number of hydrogen-bond donors (Lipinski definition) is 0. The van der Waals surface area contributed by atoms with E-state index in [1.165, 1.54) is 24.6 Å². The molecule has 0 amide bonds. The van der Waals surface area contributed by atoms with Gasteiger partial charge in [-0.1, -0.05) is 12.1 Å². The maximum absolute atomic E-state index is 6.08. The van der Waals surface area contributed by atoms with Crippen molar-refractivity contribution in [2.75, 3.05) is 37.7 Å². The molecule has 24 heavy (non-hydrogen) atoms. The molecule has 1 aromatic rings. The van der Waals surface area contributed by atoms with E-state index in [1.807, 2.05) is 36.0 Å². The molecule has 0 unspecified atom stereocenters. The van der Waals surface area contributed by atoms with Gasteiger partial charge in [-0.25, -0.2) is 0 Å². The molecule has 6 heteroatoms. The lowest BCUT2D eigenvalue weighted by Crippen LogP contribution is -2.41. The van der Waals surface area contributed by atoms with E-state index in [1.54, 1.807) is 0 Å². The zero-order chi connectivity index (χ0) is 17.2. The maximum atomic E-state index is 6.08. The van der Waals surface area contributed by atoms with E-state index in [-0.39, 0.29) is 18.3 Å². The number of benzene rings is 1. The van der Waals surface area contributed by atoms with E-state index in [9.17, 15) is 0 Å². The second-order valence-electron chi connectivity index (χ2n) is 7.46. The molecule has 132 valence electrons. The normalized spacial score (nSPS) is 23.4. The highest BCUT2D eigenvalue weighted by Crippen LogP contribution is 2.36. The van der Waals surface area contributed by atoms with Crippen LogP contribution in [0.3, 0.4) is 0 Å². The van der Waals surface area contributed by atoms with Crippen molar-refractivity contribution in [2.45, 2.75) is 38.9 Å². The van der Waals surface area contributed by atoms with Crippen LogP contribution in [-0.2, 0) is 9.31 Å². The van der Waals surface area contributed by atoms with Crippen molar-refractivity contribution in [3.63, 3.8) is 0 Å². The summed E-state index contributed by atoms with van der Waals surface area (Å²) in [5.74, 6) is 3.38. The van der Waals surface area contributed by atoms with E-state index >= 15 is 0 Å². The van der Waals surface area contributed by atoms with Gasteiger partial charge in [0.05, 0.1) is 11.2 Å². The second-order valence-corrected chi connectivity index (χ2v) is 8.68. The molecule has 1 aromatic carbocycles. The molecule has 0 bridgehead atoms. The van der Waals surface area contributed by atoms with Crippen molar-refractivity contribution < 1.29 is 14.0 Å². The summed E-state index contributed by atoms with van der Waals surface area (Å²) in [6.45, 7) is 12.4. The summed E-state index contributed by atoms with van der Waals surface area (Å²) in [6, 6.07) is 8.09. The van der Waals surface area contributed by atoms with E-state index < -0.39 is 0 Å². The van der Waals surface area contributed by atoms with Crippen LogP contribution in [0.4, 0.5) is 0 Å². The molecule has 4 nitrogen and oxygen atoms in total. The van der Waals surface area contributed by atoms with Gasteiger partial charge in [0, 0.05) is 31.1 Å². The van der Waals surface area contributed by atoms with Crippen LogP contribution < -0.4 is 10.2 Å². The summed E-state index contributed by atoms with van der Waals surface area (Å²) in [5.41, 5.74) is 0.424. The Balaban J connectivity index is 1.50. The fraction of sp³-hybridized carbons (Fsp3) is 0.667. The topological polar surface area (TPSA) is 30.9 Å². The standard InChI is InChI=1S/C18H28BNO3S/c1-17(2)18(3,4)23-19(22-17)15-5-7-16(8-6-15)21-12-9-20-10-13-24-14-11-20/h5-8H,9-14H2,1-4H3. The molecule has 2 fully saturated rings. The highest BCUT2D eigenvalue weighted by atomic mass is 32.2. The molecule has 0 aliphatic carbocycles. The summed E-state index contributed by atoms with van der Waals surface area (Å²) in [6.07, 6.45) is 0. The van der Waals surface area contributed by atoms with Crippen molar-refractivity contribution in [3.05, 3.63) is 24.3 Å². The molecule has 0 saturated carbocycles. The largest absolute Gasteiger partial charge is 0.494 e. The molecule has 2 heterocycles. The molecular formula is C18H28BNO3S. The molecule has 2 saturated heterocycles. The van der Waals surface area contributed by atoms with Crippen LogP contribution in [0.5, 0.6) is 5.75 Å². The Morgan fingerprint density at radius 1 is 1.04 bits per heavy atom. The van der Waals surface area contributed by atoms with E-state index in [2.05, 4.69) is 32.6 Å². The Labute approximate surface area is 150 Å². The Morgan fingerprint density at radius 3 is 2.21 bits per heavy atom. The Kier molecular flexibility index (Phi) is 5.50. The molecule has 3 rings (SSSR count). The van der Waals surface area contributed by atoms with Gasteiger partial charge in [0.15, 0.2) is 0 Å². The lowest BCUT2D eigenvalue weighted by Gasteiger charge is -2.32. The summed E-state index contributed by atoms with van der Waals surface area (Å²) in [4.78, 5) is 2.47. The molecule has 0 radical (unpaired) electrons. The molecule has 0 spiro atoms. The van der Waals surface area contributed by atoms with Crippen molar-refractivity contribution in [3.8, 4) is 5.75 Å². The predicted octanol–water partition coefficient (Wildman–Crippen LogP) is 2.41. The molecule has 0 aromatic heterocycles. The fourth-order valence-electron chi connectivity index (χ4n) is 2.82. The first-order chi connectivity index (χ1) is 11.4. The Bertz CT molecular complexity index is 528. The first-order valence-corrected chi connectivity index (χ1v) is 9.91. The fourth-order valence-corrected chi connectivity index (χ4v) is 3.80. The van der Waals surface area contributed by atoms with Crippen LogP contribution in [0.2, 0.25) is 0 Å². The average molecular weight is 349 g/mol. The maximum Gasteiger partial charge on any atom is 0.494 e. The summed E-state index contributed by atoms with van der Waals surface area (Å²) >= 11 is 2.04. The van der Waals surface area contributed by atoms with E-state index in [0.29, 0.717) is 0 Å². The SMILES string of the molecule is CC1(C)OB(c2ccc(OCCN3CCSCC3)cc2)OC1(C)C. The lowest BCUT2D eigenvalue weighted by atomic mass is 9.79.